The molecule has 0 radical (unpaired) electrons. The lowest BCUT2D eigenvalue weighted by Gasteiger charge is -2.04. The molecule has 1 aromatic rings. The van der Waals surface area contributed by atoms with Gasteiger partial charge in [0.05, 0.1) is 5.69 Å². The van der Waals surface area contributed by atoms with Crippen LogP contribution in [-0.2, 0) is 7.05 Å². The molecule has 0 spiro atoms. The maximum atomic E-state index is 4.34. The zero-order valence-electron chi connectivity index (χ0n) is 7.67. The van der Waals surface area contributed by atoms with Crippen LogP contribution in [-0.4, -0.2) is 22.9 Å². The van der Waals surface area contributed by atoms with Gasteiger partial charge in [-0.2, -0.15) is 5.10 Å². The Morgan fingerprint density at radius 3 is 3.00 bits per heavy atom. The van der Waals surface area contributed by atoms with Crippen molar-refractivity contribution in [1.29, 1.82) is 0 Å². The molecule has 2 heterocycles. The minimum atomic E-state index is 0.693. The summed E-state index contributed by atoms with van der Waals surface area (Å²) >= 11 is 0. The van der Waals surface area contributed by atoms with Crippen LogP contribution >= 0.6 is 0 Å². The summed E-state index contributed by atoms with van der Waals surface area (Å²) in [5, 5.41) is 7.71. The van der Waals surface area contributed by atoms with Crippen LogP contribution < -0.4 is 5.32 Å². The molecule has 1 aromatic heterocycles. The lowest BCUT2D eigenvalue weighted by molar-refractivity contribution is 0.749. The second-order valence-corrected chi connectivity index (χ2v) is 3.53. The highest BCUT2D eigenvalue weighted by molar-refractivity contribution is 5.22. The van der Waals surface area contributed by atoms with Gasteiger partial charge in [-0.3, -0.25) is 4.68 Å². The summed E-state index contributed by atoms with van der Waals surface area (Å²) in [6.07, 6.45) is 3.40. The number of nitrogens with zero attached hydrogens (tertiary/aromatic N) is 2. The molecular weight excluding hydrogens is 150 g/mol. The predicted molar refractivity (Wildman–Crippen MR) is 48.2 cm³/mol. The van der Waals surface area contributed by atoms with Crippen molar-refractivity contribution in [3.63, 3.8) is 0 Å². The van der Waals surface area contributed by atoms with Gasteiger partial charge in [-0.05, 0) is 25.5 Å². The van der Waals surface area contributed by atoms with Gasteiger partial charge in [0.25, 0.3) is 0 Å². The molecule has 0 saturated carbocycles. The van der Waals surface area contributed by atoms with Crippen molar-refractivity contribution in [3.8, 4) is 0 Å². The fourth-order valence-electron chi connectivity index (χ4n) is 1.94. The van der Waals surface area contributed by atoms with E-state index >= 15 is 0 Å². The van der Waals surface area contributed by atoms with Crippen molar-refractivity contribution in [1.82, 2.24) is 15.1 Å². The zero-order valence-corrected chi connectivity index (χ0v) is 7.67. The van der Waals surface area contributed by atoms with Crippen molar-refractivity contribution in [2.45, 2.75) is 19.3 Å². The molecule has 1 saturated heterocycles. The molecule has 0 aliphatic carbocycles. The highest BCUT2D eigenvalue weighted by Crippen LogP contribution is 2.23. The number of aromatic nitrogens is 2. The third kappa shape index (κ3) is 1.25. The molecule has 1 fully saturated rings. The Labute approximate surface area is 72.8 Å². The van der Waals surface area contributed by atoms with Crippen LogP contribution in [0.15, 0.2) is 6.20 Å². The number of nitrogens with one attached hydrogen (secondary N) is 1. The van der Waals surface area contributed by atoms with E-state index < -0.39 is 0 Å². The van der Waals surface area contributed by atoms with E-state index in [-0.39, 0.29) is 0 Å². The van der Waals surface area contributed by atoms with Crippen molar-refractivity contribution in [3.05, 3.63) is 17.5 Å². The van der Waals surface area contributed by atoms with Gasteiger partial charge >= 0.3 is 0 Å². The molecule has 2 rings (SSSR count). The van der Waals surface area contributed by atoms with E-state index in [1.165, 1.54) is 17.7 Å². The Balaban J connectivity index is 2.25. The maximum Gasteiger partial charge on any atom is 0.0628 e. The molecule has 3 nitrogen and oxygen atoms in total. The van der Waals surface area contributed by atoms with Gasteiger partial charge < -0.3 is 5.32 Å². The van der Waals surface area contributed by atoms with Crippen molar-refractivity contribution >= 4 is 0 Å². The van der Waals surface area contributed by atoms with Crippen molar-refractivity contribution in [2.24, 2.45) is 7.05 Å². The average Bonchev–Trinajstić information content (AvgIpc) is 2.58. The van der Waals surface area contributed by atoms with Gasteiger partial charge in [0, 0.05) is 25.7 Å². The Hall–Kier alpha value is -0.830. The minimum Gasteiger partial charge on any atom is -0.316 e. The normalized spacial score (nSPS) is 23.3. The van der Waals surface area contributed by atoms with E-state index in [0.29, 0.717) is 5.92 Å². The van der Waals surface area contributed by atoms with Crippen LogP contribution in [0, 0.1) is 6.92 Å². The SMILES string of the molecule is Cc1nn(C)cc1C1CCNC1. The van der Waals surface area contributed by atoms with E-state index in [4.69, 9.17) is 0 Å². The fraction of sp³-hybridized carbons (Fsp3) is 0.667. The minimum absolute atomic E-state index is 0.693. The molecule has 1 N–H and O–H groups in total. The summed E-state index contributed by atoms with van der Waals surface area (Å²) in [6.45, 7) is 4.36. The van der Waals surface area contributed by atoms with Crippen LogP contribution in [0.3, 0.4) is 0 Å². The van der Waals surface area contributed by atoms with E-state index in [2.05, 4.69) is 23.5 Å². The standard InChI is InChI=1S/C9H15N3/c1-7-9(6-12(2)11-7)8-3-4-10-5-8/h6,8,10H,3-5H2,1-2H3. The van der Waals surface area contributed by atoms with E-state index in [9.17, 15) is 0 Å². The number of aryl methyl sites for hydroxylation is 2. The third-order valence-corrected chi connectivity index (χ3v) is 2.55. The van der Waals surface area contributed by atoms with Crippen molar-refractivity contribution < 1.29 is 0 Å². The fourth-order valence-corrected chi connectivity index (χ4v) is 1.94. The lowest BCUT2D eigenvalue weighted by Crippen LogP contribution is -2.08. The topological polar surface area (TPSA) is 29.9 Å². The lowest BCUT2D eigenvalue weighted by atomic mass is 10.00. The first-order valence-corrected chi connectivity index (χ1v) is 4.48. The molecular formula is C9H15N3. The first kappa shape index (κ1) is 7.80. The molecule has 1 unspecified atom stereocenters. The summed E-state index contributed by atoms with van der Waals surface area (Å²) < 4.78 is 1.91. The second-order valence-electron chi connectivity index (χ2n) is 3.53. The molecule has 1 atom stereocenters. The summed E-state index contributed by atoms with van der Waals surface area (Å²) in [5.74, 6) is 0.693. The molecule has 1 aliphatic rings. The molecule has 0 aromatic carbocycles. The van der Waals surface area contributed by atoms with E-state index in [1.807, 2.05) is 11.7 Å². The van der Waals surface area contributed by atoms with Gasteiger partial charge in [0.1, 0.15) is 0 Å². The second kappa shape index (κ2) is 2.90. The number of rotatable bonds is 1. The quantitative estimate of drug-likeness (QED) is 0.667. The van der Waals surface area contributed by atoms with Gasteiger partial charge in [-0.15, -0.1) is 0 Å². The van der Waals surface area contributed by atoms with Gasteiger partial charge in [0.2, 0.25) is 0 Å². The van der Waals surface area contributed by atoms with Crippen LogP contribution in [0.1, 0.15) is 23.6 Å². The smallest absolute Gasteiger partial charge is 0.0628 e. The molecule has 3 heteroatoms. The first-order chi connectivity index (χ1) is 5.77. The van der Waals surface area contributed by atoms with Crippen molar-refractivity contribution in [2.75, 3.05) is 13.1 Å². The molecule has 0 bridgehead atoms. The van der Waals surface area contributed by atoms with Gasteiger partial charge in [0.15, 0.2) is 0 Å². The van der Waals surface area contributed by atoms with Gasteiger partial charge in [-0.1, -0.05) is 0 Å². The summed E-state index contributed by atoms with van der Waals surface area (Å²) in [4.78, 5) is 0. The number of hydrogen-bond acceptors (Lipinski definition) is 2. The third-order valence-electron chi connectivity index (χ3n) is 2.55. The van der Waals surface area contributed by atoms with Crippen LogP contribution in [0.25, 0.3) is 0 Å². The summed E-state index contributed by atoms with van der Waals surface area (Å²) in [6, 6.07) is 0. The maximum absolute atomic E-state index is 4.34. The van der Waals surface area contributed by atoms with Crippen LogP contribution in [0.2, 0.25) is 0 Å². The highest BCUT2D eigenvalue weighted by atomic mass is 15.2. The molecule has 12 heavy (non-hydrogen) atoms. The van der Waals surface area contributed by atoms with Crippen LogP contribution in [0.5, 0.6) is 0 Å². The summed E-state index contributed by atoms with van der Waals surface area (Å²) in [7, 11) is 1.98. The zero-order chi connectivity index (χ0) is 8.55. The first-order valence-electron chi connectivity index (χ1n) is 4.48. The van der Waals surface area contributed by atoms with E-state index in [0.717, 1.165) is 13.1 Å². The monoisotopic (exact) mass is 165 g/mol. The Morgan fingerprint density at radius 1 is 1.67 bits per heavy atom. The molecule has 1 aliphatic heterocycles. The Bertz CT molecular complexity index is 271. The Kier molecular flexibility index (Phi) is 1.89. The highest BCUT2D eigenvalue weighted by Gasteiger charge is 2.19. The Morgan fingerprint density at radius 2 is 2.50 bits per heavy atom. The molecule has 0 amide bonds. The average molecular weight is 165 g/mol. The number of hydrogen-bond donors (Lipinski definition) is 1. The predicted octanol–water partition coefficient (Wildman–Crippen LogP) is 0.805. The largest absolute Gasteiger partial charge is 0.316 e. The van der Waals surface area contributed by atoms with Crippen LogP contribution in [0.4, 0.5) is 0 Å². The molecule has 66 valence electrons. The van der Waals surface area contributed by atoms with Gasteiger partial charge in [-0.25, -0.2) is 0 Å². The summed E-state index contributed by atoms with van der Waals surface area (Å²) in [5.41, 5.74) is 2.61. The van der Waals surface area contributed by atoms with E-state index in [1.54, 1.807) is 0 Å².